The highest BCUT2D eigenvalue weighted by molar-refractivity contribution is 9.10. The van der Waals surface area contributed by atoms with E-state index in [0.29, 0.717) is 17.9 Å². The Morgan fingerprint density at radius 1 is 1.35 bits per heavy atom. The van der Waals surface area contributed by atoms with Crippen molar-refractivity contribution < 1.29 is 9.94 Å². The molecule has 1 aromatic rings. The topological polar surface area (TPSA) is 71.1 Å². The predicted molar refractivity (Wildman–Crippen MR) is 82.4 cm³/mol. The first-order chi connectivity index (χ1) is 9.70. The average molecular weight is 342 g/mol. The standard InChI is InChI=1S/C14H20BrN3O2/c15-11-4-5-13(12(10-11)14(16)17-19)20-9-8-18-6-2-1-3-7-18/h4-5,10,19H,1-3,6-9H2,(H2,16,17). The van der Waals surface area contributed by atoms with E-state index in [0.717, 1.165) is 24.1 Å². The minimum Gasteiger partial charge on any atom is -0.491 e. The van der Waals surface area contributed by atoms with Gasteiger partial charge in [-0.1, -0.05) is 27.5 Å². The van der Waals surface area contributed by atoms with E-state index in [2.05, 4.69) is 26.0 Å². The second-order valence-electron chi connectivity index (χ2n) is 4.88. The van der Waals surface area contributed by atoms with E-state index in [1.54, 1.807) is 6.07 Å². The summed E-state index contributed by atoms with van der Waals surface area (Å²) in [5.74, 6) is 0.694. The van der Waals surface area contributed by atoms with Crippen LogP contribution in [0, 0.1) is 0 Å². The zero-order valence-electron chi connectivity index (χ0n) is 11.4. The molecule has 1 aromatic carbocycles. The van der Waals surface area contributed by atoms with Gasteiger partial charge in [0.15, 0.2) is 5.84 Å². The van der Waals surface area contributed by atoms with Crippen LogP contribution in [0.3, 0.4) is 0 Å². The molecular formula is C14H20BrN3O2. The number of rotatable bonds is 5. The van der Waals surface area contributed by atoms with Crippen LogP contribution in [-0.2, 0) is 0 Å². The molecule has 1 heterocycles. The van der Waals surface area contributed by atoms with E-state index < -0.39 is 0 Å². The lowest BCUT2D eigenvalue weighted by Gasteiger charge is -2.26. The van der Waals surface area contributed by atoms with Gasteiger partial charge in [0.25, 0.3) is 0 Å². The highest BCUT2D eigenvalue weighted by Gasteiger charge is 2.12. The number of ether oxygens (including phenoxy) is 1. The predicted octanol–water partition coefficient (Wildman–Crippen LogP) is 2.41. The van der Waals surface area contributed by atoms with Crippen LogP contribution in [0.2, 0.25) is 0 Å². The molecule has 0 aromatic heterocycles. The van der Waals surface area contributed by atoms with Gasteiger partial charge < -0.3 is 15.7 Å². The van der Waals surface area contributed by atoms with Crippen LogP contribution in [0.1, 0.15) is 24.8 Å². The molecule has 2 rings (SSSR count). The van der Waals surface area contributed by atoms with Gasteiger partial charge in [-0.25, -0.2) is 0 Å². The number of likely N-dealkylation sites (tertiary alicyclic amines) is 1. The largest absolute Gasteiger partial charge is 0.491 e. The molecule has 0 spiro atoms. The fourth-order valence-electron chi connectivity index (χ4n) is 2.35. The zero-order chi connectivity index (χ0) is 14.4. The van der Waals surface area contributed by atoms with Crippen molar-refractivity contribution in [3.05, 3.63) is 28.2 Å². The van der Waals surface area contributed by atoms with Gasteiger partial charge in [0, 0.05) is 11.0 Å². The van der Waals surface area contributed by atoms with E-state index in [1.807, 2.05) is 12.1 Å². The summed E-state index contributed by atoms with van der Waals surface area (Å²) in [6, 6.07) is 5.49. The zero-order valence-corrected chi connectivity index (χ0v) is 13.0. The molecule has 0 aliphatic carbocycles. The van der Waals surface area contributed by atoms with Gasteiger partial charge in [0.05, 0.1) is 5.56 Å². The third-order valence-electron chi connectivity index (χ3n) is 3.44. The lowest BCUT2D eigenvalue weighted by atomic mass is 10.1. The third-order valence-corrected chi connectivity index (χ3v) is 3.93. The number of piperidine rings is 1. The SMILES string of the molecule is N/C(=N/O)c1cc(Br)ccc1OCCN1CCCCC1. The van der Waals surface area contributed by atoms with Crippen LogP contribution in [-0.4, -0.2) is 42.2 Å². The van der Waals surface area contributed by atoms with Crippen LogP contribution in [0.15, 0.2) is 27.8 Å². The smallest absolute Gasteiger partial charge is 0.173 e. The van der Waals surface area contributed by atoms with Crippen molar-refractivity contribution in [1.29, 1.82) is 0 Å². The van der Waals surface area contributed by atoms with Crippen LogP contribution in [0.4, 0.5) is 0 Å². The summed E-state index contributed by atoms with van der Waals surface area (Å²) in [4.78, 5) is 2.41. The second-order valence-corrected chi connectivity index (χ2v) is 5.79. The number of nitrogens with zero attached hydrogens (tertiary/aromatic N) is 2. The van der Waals surface area contributed by atoms with Crippen LogP contribution < -0.4 is 10.5 Å². The van der Waals surface area contributed by atoms with E-state index >= 15 is 0 Å². The molecule has 0 unspecified atom stereocenters. The van der Waals surface area contributed by atoms with Crippen molar-refractivity contribution in [1.82, 2.24) is 4.90 Å². The molecule has 110 valence electrons. The minimum atomic E-state index is 0.0549. The van der Waals surface area contributed by atoms with Crippen LogP contribution in [0.25, 0.3) is 0 Å². The molecule has 20 heavy (non-hydrogen) atoms. The second kappa shape index (κ2) is 7.50. The highest BCUT2D eigenvalue weighted by atomic mass is 79.9. The molecule has 0 radical (unpaired) electrons. The molecule has 1 saturated heterocycles. The lowest BCUT2D eigenvalue weighted by molar-refractivity contribution is 0.183. The maximum absolute atomic E-state index is 8.82. The Kier molecular flexibility index (Phi) is 5.67. The van der Waals surface area contributed by atoms with E-state index in [9.17, 15) is 0 Å². The monoisotopic (exact) mass is 341 g/mol. The summed E-state index contributed by atoms with van der Waals surface area (Å²) in [7, 11) is 0. The Labute approximate surface area is 127 Å². The Bertz CT molecular complexity index is 473. The minimum absolute atomic E-state index is 0.0549. The van der Waals surface area contributed by atoms with E-state index in [-0.39, 0.29) is 5.84 Å². The van der Waals surface area contributed by atoms with Gasteiger partial charge in [-0.05, 0) is 44.1 Å². The number of amidine groups is 1. The molecule has 0 amide bonds. The fraction of sp³-hybridized carbons (Fsp3) is 0.500. The van der Waals surface area contributed by atoms with Crippen molar-refractivity contribution in [3.8, 4) is 5.75 Å². The molecule has 1 fully saturated rings. The average Bonchev–Trinajstić information content (AvgIpc) is 2.49. The first-order valence-electron chi connectivity index (χ1n) is 6.83. The van der Waals surface area contributed by atoms with Crippen LogP contribution in [0.5, 0.6) is 5.75 Å². The molecule has 0 saturated carbocycles. The molecule has 1 aliphatic heterocycles. The number of oxime groups is 1. The number of benzene rings is 1. The van der Waals surface area contributed by atoms with Gasteiger partial charge in [-0.2, -0.15) is 0 Å². The first-order valence-corrected chi connectivity index (χ1v) is 7.62. The van der Waals surface area contributed by atoms with Crippen molar-refractivity contribution in [2.75, 3.05) is 26.2 Å². The molecule has 0 atom stereocenters. The number of halogens is 1. The Morgan fingerprint density at radius 3 is 2.80 bits per heavy atom. The fourth-order valence-corrected chi connectivity index (χ4v) is 2.71. The maximum Gasteiger partial charge on any atom is 0.173 e. The summed E-state index contributed by atoms with van der Waals surface area (Å²) in [6.07, 6.45) is 3.87. The molecule has 0 bridgehead atoms. The van der Waals surface area contributed by atoms with Gasteiger partial charge in [-0.15, -0.1) is 0 Å². The molecule has 6 heteroatoms. The maximum atomic E-state index is 8.82. The van der Waals surface area contributed by atoms with E-state index in [4.69, 9.17) is 15.7 Å². The Hall–Kier alpha value is -1.27. The molecule has 1 aliphatic rings. The first kappa shape index (κ1) is 15.1. The summed E-state index contributed by atoms with van der Waals surface area (Å²) in [5, 5.41) is 11.9. The number of hydrogen-bond acceptors (Lipinski definition) is 4. The van der Waals surface area contributed by atoms with Crippen molar-refractivity contribution >= 4 is 21.8 Å². The number of hydrogen-bond donors (Lipinski definition) is 2. The Balaban J connectivity index is 1.94. The molecule has 3 N–H and O–H groups in total. The van der Waals surface area contributed by atoms with Crippen LogP contribution >= 0.6 is 15.9 Å². The summed E-state index contributed by atoms with van der Waals surface area (Å²) < 4.78 is 6.65. The van der Waals surface area contributed by atoms with Crippen molar-refractivity contribution in [3.63, 3.8) is 0 Å². The lowest BCUT2D eigenvalue weighted by Crippen LogP contribution is -2.33. The van der Waals surface area contributed by atoms with Gasteiger partial charge in [-0.3, -0.25) is 4.90 Å². The van der Waals surface area contributed by atoms with Gasteiger partial charge >= 0.3 is 0 Å². The summed E-state index contributed by atoms with van der Waals surface area (Å²) in [6.45, 7) is 3.81. The van der Waals surface area contributed by atoms with E-state index in [1.165, 1.54) is 19.3 Å². The van der Waals surface area contributed by atoms with Gasteiger partial charge in [0.1, 0.15) is 12.4 Å². The van der Waals surface area contributed by atoms with Gasteiger partial charge in [0.2, 0.25) is 0 Å². The number of nitrogens with two attached hydrogens (primary N) is 1. The third kappa shape index (κ3) is 4.11. The van der Waals surface area contributed by atoms with Crippen molar-refractivity contribution in [2.45, 2.75) is 19.3 Å². The molecule has 5 nitrogen and oxygen atoms in total. The molecular weight excluding hydrogens is 322 g/mol. The summed E-state index contributed by atoms with van der Waals surface area (Å²) in [5.41, 5.74) is 6.26. The Morgan fingerprint density at radius 2 is 2.10 bits per heavy atom. The quantitative estimate of drug-likeness (QED) is 0.373. The normalized spacial score (nSPS) is 17.1. The summed E-state index contributed by atoms with van der Waals surface area (Å²) >= 11 is 3.37. The van der Waals surface area contributed by atoms with Crippen molar-refractivity contribution in [2.24, 2.45) is 10.9 Å². The highest BCUT2D eigenvalue weighted by Crippen LogP contribution is 2.23.